The van der Waals surface area contributed by atoms with Crippen LogP contribution in [-0.4, -0.2) is 28.9 Å². The lowest BCUT2D eigenvalue weighted by Gasteiger charge is -2.18. The molecule has 1 atom stereocenters. The molecule has 0 radical (unpaired) electrons. The first-order valence-corrected chi connectivity index (χ1v) is 6.24. The zero-order chi connectivity index (χ0) is 14.0. The maximum absolute atomic E-state index is 5.24. The molecule has 0 spiro atoms. The number of methoxy groups -OCH3 is 1. The Morgan fingerprint density at radius 2 is 2.05 bits per heavy atom. The van der Waals surface area contributed by atoms with Crippen LogP contribution in [0.4, 0.5) is 0 Å². The Kier molecular flexibility index (Phi) is 3.85. The molecule has 0 bridgehead atoms. The minimum atomic E-state index is 0.0660. The number of aromatic nitrogens is 3. The van der Waals surface area contributed by atoms with Crippen LogP contribution in [0.25, 0.3) is 0 Å². The van der Waals surface area contributed by atoms with Gasteiger partial charge in [0.25, 0.3) is 0 Å². The van der Waals surface area contributed by atoms with E-state index in [4.69, 9.17) is 4.74 Å². The molecular formula is C14H20N4O. The van der Waals surface area contributed by atoms with Gasteiger partial charge in [-0.1, -0.05) is 0 Å². The number of pyridine rings is 1. The molecule has 5 heteroatoms. The van der Waals surface area contributed by atoms with Gasteiger partial charge in [-0.05, 0) is 32.5 Å². The summed E-state index contributed by atoms with van der Waals surface area (Å²) in [4.78, 5) is 4.22. The zero-order valence-corrected chi connectivity index (χ0v) is 12.1. The lowest BCUT2D eigenvalue weighted by Crippen LogP contribution is -2.19. The molecule has 0 saturated carbocycles. The highest BCUT2D eigenvalue weighted by atomic mass is 16.5. The lowest BCUT2D eigenvalue weighted by molar-refractivity contribution is 0.411. The summed E-state index contributed by atoms with van der Waals surface area (Å²) in [5.74, 6) is 0.761. The van der Waals surface area contributed by atoms with E-state index in [1.54, 1.807) is 13.3 Å². The summed E-state index contributed by atoms with van der Waals surface area (Å²) in [5.41, 5.74) is 4.45. The van der Waals surface area contributed by atoms with Gasteiger partial charge in [0.15, 0.2) is 0 Å². The van der Waals surface area contributed by atoms with E-state index >= 15 is 0 Å². The van der Waals surface area contributed by atoms with E-state index in [-0.39, 0.29) is 6.04 Å². The minimum absolute atomic E-state index is 0.0660. The summed E-state index contributed by atoms with van der Waals surface area (Å²) in [6.45, 7) is 4.10. The first-order valence-electron chi connectivity index (χ1n) is 6.24. The molecule has 0 fully saturated rings. The Labute approximate surface area is 113 Å². The van der Waals surface area contributed by atoms with E-state index in [2.05, 4.69) is 22.3 Å². The molecule has 102 valence electrons. The summed E-state index contributed by atoms with van der Waals surface area (Å²) < 4.78 is 7.15. The number of nitrogens with zero attached hydrogens (tertiary/aromatic N) is 3. The van der Waals surface area contributed by atoms with Gasteiger partial charge in [-0.25, -0.2) is 0 Å². The fourth-order valence-electron chi connectivity index (χ4n) is 2.39. The second-order valence-corrected chi connectivity index (χ2v) is 4.59. The molecule has 1 N–H and O–H groups in total. The fraction of sp³-hybridized carbons (Fsp3) is 0.429. The molecule has 0 aromatic carbocycles. The maximum Gasteiger partial charge on any atom is 0.137 e. The van der Waals surface area contributed by atoms with Crippen molar-refractivity contribution in [1.29, 1.82) is 0 Å². The average molecular weight is 260 g/mol. The number of rotatable bonds is 4. The Morgan fingerprint density at radius 3 is 2.58 bits per heavy atom. The normalized spacial score (nSPS) is 12.5. The summed E-state index contributed by atoms with van der Waals surface area (Å²) in [6.07, 6.45) is 3.56. The number of ether oxygens (including phenoxy) is 1. The van der Waals surface area contributed by atoms with Gasteiger partial charge in [0.1, 0.15) is 5.75 Å². The highest BCUT2D eigenvalue weighted by Gasteiger charge is 2.21. The zero-order valence-electron chi connectivity index (χ0n) is 12.1. The molecule has 0 aliphatic heterocycles. The molecule has 0 amide bonds. The first kappa shape index (κ1) is 13.5. The molecule has 2 rings (SSSR count). The number of nitrogens with one attached hydrogen (secondary N) is 1. The molecule has 5 nitrogen and oxygen atoms in total. The van der Waals surface area contributed by atoms with Crippen molar-refractivity contribution < 1.29 is 4.74 Å². The molecule has 2 heterocycles. The van der Waals surface area contributed by atoms with Crippen LogP contribution >= 0.6 is 0 Å². The van der Waals surface area contributed by atoms with E-state index in [9.17, 15) is 0 Å². The highest BCUT2D eigenvalue weighted by molar-refractivity contribution is 5.38. The minimum Gasteiger partial charge on any atom is -0.495 e. The monoisotopic (exact) mass is 260 g/mol. The molecule has 0 saturated heterocycles. The van der Waals surface area contributed by atoms with Gasteiger partial charge in [0.05, 0.1) is 25.0 Å². The van der Waals surface area contributed by atoms with Crippen molar-refractivity contribution in [2.45, 2.75) is 19.9 Å². The largest absolute Gasteiger partial charge is 0.495 e. The lowest BCUT2D eigenvalue weighted by atomic mass is 9.98. The van der Waals surface area contributed by atoms with Crippen LogP contribution in [-0.2, 0) is 7.05 Å². The van der Waals surface area contributed by atoms with Gasteiger partial charge >= 0.3 is 0 Å². The predicted molar refractivity (Wildman–Crippen MR) is 74.4 cm³/mol. The number of hydrogen-bond donors (Lipinski definition) is 1. The molecule has 0 aliphatic carbocycles. The van der Waals surface area contributed by atoms with E-state index < -0.39 is 0 Å². The molecule has 2 aromatic heterocycles. The molecule has 0 aliphatic rings. The summed E-state index contributed by atoms with van der Waals surface area (Å²) in [6, 6.07) is 2.07. The number of aryl methyl sites for hydroxylation is 2. The average Bonchev–Trinajstić information content (AvgIpc) is 2.66. The maximum atomic E-state index is 5.24. The van der Waals surface area contributed by atoms with E-state index in [0.717, 1.165) is 22.7 Å². The van der Waals surface area contributed by atoms with Gasteiger partial charge in [-0.3, -0.25) is 9.67 Å². The number of hydrogen-bond acceptors (Lipinski definition) is 4. The van der Waals surface area contributed by atoms with Gasteiger partial charge in [-0.15, -0.1) is 0 Å². The summed E-state index contributed by atoms with van der Waals surface area (Å²) in [5, 5.41) is 7.80. The van der Waals surface area contributed by atoms with Crippen molar-refractivity contribution in [3.05, 3.63) is 41.0 Å². The van der Waals surface area contributed by atoms with Crippen LogP contribution in [0.15, 0.2) is 18.5 Å². The fourth-order valence-corrected chi connectivity index (χ4v) is 2.39. The Hall–Kier alpha value is -1.88. The second kappa shape index (κ2) is 5.40. The second-order valence-electron chi connectivity index (χ2n) is 4.59. The topological polar surface area (TPSA) is 52.0 Å². The quantitative estimate of drug-likeness (QED) is 0.910. The van der Waals surface area contributed by atoms with Crippen LogP contribution in [0.1, 0.15) is 28.6 Å². The van der Waals surface area contributed by atoms with Crippen molar-refractivity contribution in [1.82, 2.24) is 20.1 Å². The Balaban J connectivity index is 2.49. The molecule has 2 aromatic rings. The van der Waals surface area contributed by atoms with Gasteiger partial charge < -0.3 is 10.1 Å². The first-order chi connectivity index (χ1) is 9.08. The van der Waals surface area contributed by atoms with Gasteiger partial charge in [0, 0.05) is 24.5 Å². The van der Waals surface area contributed by atoms with E-state index in [0.29, 0.717) is 0 Å². The predicted octanol–water partition coefficient (Wildman–Crippen LogP) is 1.75. The van der Waals surface area contributed by atoms with Crippen molar-refractivity contribution in [2.24, 2.45) is 7.05 Å². The third-order valence-electron chi connectivity index (χ3n) is 3.45. The summed E-state index contributed by atoms with van der Waals surface area (Å²) in [7, 11) is 5.55. The molecular weight excluding hydrogens is 240 g/mol. The Bertz CT molecular complexity index is 577. The third-order valence-corrected chi connectivity index (χ3v) is 3.45. The van der Waals surface area contributed by atoms with Crippen LogP contribution in [0.2, 0.25) is 0 Å². The van der Waals surface area contributed by atoms with Crippen molar-refractivity contribution in [2.75, 3.05) is 14.2 Å². The third kappa shape index (κ3) is 2.46. The highest BCUT2D eigenvalue weighted by Crippen LogP contribution is 2.28. The van der Waals surface area contributed by atoms with Crippen LogP contribution in [0, 0.1) is 13.8 Å². The van der Waals surface area contributed by atoms with Crippen molar-refractivity contribution in [3.63, 3.8) is 0 Å². The Morgan fingerprint density at radius 1 is 1.32 bits per heavy atom. The van der Waals surface area contributed by atoms with Crippen molar-refractivity contribution >= 4 is 0 Å². The SMILES string of the molecule is CNC(c1cncc(OC)c1)c1c(C)nn(C)c1C. The van der Waals surface area contributed by atoms with Gasteiger partial charge in [0.2, 0.25) is 0 Å². The standard InChI is InChI=1S/C14H20N4O/c1-9-13(10(2)18(4)17-9)14(15-3)11-6-12(19-5)8-16-7-11/h6-8,14-15H,1-5H3. The van der Waals surface area contributed by atoms with Crippen LogP contribution in [0.5, 0.6) is 5.75 Å². The van der Waals surface area contributed by atoms with Crippen molar-refractivity contribution in [3.8, 4) is 5.75 Å². The van der Waals surface area contributed by atoms with Gasteiger partial charge in [-0.2, -0.15) is 5.10 Å². The van der Waals surface area contributed by atoms with E-state index in [1.165, 1.54) is 5.56 Å². The molecule has 1 unspecified atom stereocenters. The molecule has 19 heavy (non-hydrogen) atoms. The van der Waals surface area contributed by atoms with Crippen LogP contribution in [0.3, 0.4) is 0 Å². The smallest absolute Gasteiger partial charge is 0.137 e. The summed E-state index contributed by atoms with van der Waals surface area (Å²) >= 11 is 0. The van der Waals surface area contributed by atoms with E-state index in [1.807, 2.05) is 38.0 Å². The van der Waals surface area contributed by atoms with Crippen LogP contribution < -0.4 is 10.1 Å².